The minimum atomic E-state index is -4.41. The highest BCUT2D eigenvalue weighted by Crippen LogP contribution is 2.29. The molecule has 0 aliphatic heterocycles. The first-order chi connectivity index (χ1) is 8.29. The van der Waals surface area contributed by atoms with Gasteiger partial charge in [0.2, 0.25) is 5.91 Å². The SMILES string of the molecule is CC(N)CC(=O)NCCc1nc(C(F)(F)F)cs1.Cl. The zero-order chi connectivity index (χ0) is 13.8. The van der Waals surface area contributed by atoms with Gasteiger partial charge in [-0.2, -0.15) is 13.2 Å². The molecule has 0 saturated heterocycles. The zero-order valence-corrected chi connectivity index (χ0v) is 11.8. The third-order valence-electron chi connectivity index (χ3n) is 2.01. The summed E-state index contributed by atoms with van der Waals surface area (Å²) in [4.78, 5) is 14.7. The first-order valence-corrected chi connectivity index (χ1v) is 6.21. The van der Waals surface area contributed by atoms with Crippen molar-refractivity contribution in [1.29, 1.82) is 0 Å². The number of carbonyl (C=O) groups excluding carboxylic acids is 1. The maximum Gasteiger partial charge on any atom is 0.434 e. The number of halogens is 4. The third kappa shape index (κ3) is 6.74. The Morgan fingerprint density at radius 1 is 1.58 bits per heavy atom. The van der Waals surface area contributed by atoms with Gasteiger partial charge in [0.1, 0.15) is 0 Å². The van der Waals surface area contributed by atoms with Crippen molar-refractivity contribution >= 4 is 29.7 Å². The van der Waals surface area contributed by atoms with Gasteiger partial charge in [0, 0.05) is 30.8 Å². The Labute approximate surface area is 119 Å². The van der Waals surface area contributed by atoms with Crippen molar-refractivity contribution in [2.45, 2.75) is 32.0 Å². The summed E-state index contributed by atoms with van der Waals surface area (Å²) < 4.78 is 36.8. The van der Waals surface area contributed by atoms with Crippen LogP contribution in [0.15, 0.2) is 5.38 Å². The molecule has 1 unspecified atom stereocenters. The Balaban J connectivity index is 0.00000324. The second-order valence-electron chi connectivity index (χ2n) is 3.91. The number of nitrogens with one attached hydrogen (secondary N) is 1. The van der Waals surface area contributed by atoms with E-state index in [2.05, 4.69) is 10.3 Å². The van der Waals surface area contributed by atoms with Crippen LogP contribution in [0.3, 0.4) is 0 Å². The van der Waals surface area contributed by atoms with Gasteiger partial charge in [-0.05, 0) is 6.92 Å². The largest absolute Gasteiger partial charge is 0.434 e. The summed E-state index contributed by atoms with van der Waals surface area (Å²) in [6, 6.07) is -0.235. The average Bonchev–Trinajstić information content (AvgIpc) is 2.64. The standard InChI is InChI=1S/C10H14F3N3OS.ClH/c1-6(14)4-8(17)15-3-2-9-16-7(5-18-9)10(11,12)13;/h5-6H,2-4,14H2,1H3,(H,15,17);1H. The van der Waals surface area contributed by atoms with Gasteiger partial charge in [-0.15, -0.1) is 23.7 Å². The molecule has 0 radical (unpaired) electrons. The van der Waals surface area contributed by atoms with Crippen molar-refractivity contribution in [3.8, 4) is 0 Å². The molecule has 1 aromatic rings. The molecule has 4 nitrogen and oxygen atoms in total. The molecule has 0 bridgehead atoms. The van der Waals surface area contributed by atoms with Crippen molar-refractivity contribution in [2.24, 2.45) is 5.73 Å². The van der Waals surface area contributed by atoms with Crippen molar-refractivity contribution in [3.63, 3.8) is 0 Å². The summed E-state index contributed by atoms with van der Waals surface area (Å²) in [7, 11) is 0. The third-order valence-corrected chi connectivity index (χ3v) is 2.92. The van der Waals surface area contributed by atoms with E-state index in [9.17, 15) is 18.0 Å². The average molecular weight is 318 g/mol. The number of carbonyl (C=O) groups is 1. The van der Waals surface area contributed by atoms with E-state index in [1.54, 1.807) is 6.92 Å². The number of alkyl halides is 3. The summed E-state index contributed by atoms with van der Waals surface area (Å²) in [5, 5.41) is 3.90. The molecule has 0 aromatic carbocycles. The van der Waals surface area contributed by atoms with Crippen LogP contribution in [-0.4, -0.2) is 23.5 Å². The van der Waals surface area contributed by atoms with Crippen molar-refractivity contribution in [1.82, 2.24) is 10.3 Å². The van der Waals surface area contributed by atoms with Gasteiger partial charge in [0.15, 0.2) is 5.69 Å². The molecule has 3 N–H and O–H groups in total. The molecule has 19 heavy (non-hydrogen) atoms. The predicted molar refractivity (Wildman–Crippen MR) is 69.3 cm³/mol. The van der Waals surface area contributed by atoms with Crippen LogP contribution in [0.1, 0.15) is 24.0 Å². The number of aromatic nitrogens is 1. The van der Waals surface area contributed by atoms with Crippen molar-refractivity contribution in [3.05, 3.63) is 16.1 Å². The maximum atomic E-state index is 12.3. The Morgan fingerprint density at radius 2 is 2.21 bits per heavy atom. The molecule has 1 aromatic heterocycles. The highest BCUT2D eigenvalue weighted by Gasteiger charge is 2.33. The fourth-order valence-electron chi connectivity index (χ4n) is 1.23. The molecule has 0 saturated carbocycles. The van der Waals surface area contributed by atoms with Crippen LogP contribution in [0.5, 0.6) is 0 Å². The molecule has 0 fully saturated rings. The Bertz CT molecular complexity index is 409. The van der Waals surface area contributed by atoms with Crippen LogP contribution in [0.25, 0.3) is 0 Å². The van der Waals surface area contributed by atoms with Crippen LogP contribution in [-0.2, 0) is 17.4 Å². The predicted octanol–water partition coefficient (Wildman–Crippen LogP) is 1.98. The lowest BCUT2D eigenvalue weighted by atomic mass is 10.2. The second-order valence-corrected chi connectivity index (χ2v) is 4.85. The minimum Gasteiger partial charge on any atom is -0.356 e. The molecule has 1 heterocycles. The quantitative estimate of drug-likeness (QED) is 0.872. The Kier molecular flexibility index (Phi) is 7.32. The van der Waals surface area contributed by atoms with E-state index in [4.69, 9.17) is 5.73 Å². The Morgan fingerprint density at radius 3 is 2.68 bits per heavy atom. The normalized spacial score (nSPS) is 12.7. The molecular formula is C10H15ClF3N3OS. The first kappa shape index (κ1) is 18.1. The van der Waals surface area contributed by atoms with Crippen LogP contribution >= 0.6 is 23.7 Å². The summed E-state index contributed by atoms with van der Waals surface area (Å²) in [5.74, 6) is -0.211. The van der Waals surface area contributed by atoms with Gasteiger partial charge >= 0.3 is 6.18 Å². The molecule has 1 rings (SSSR count). The van der Waals surface area contributed by atoms with Crippen LogP contribution in [0.2, 0.25) is 0 Å². The van der Waals surface area contributed by atoms with E-state index in [0.29, 0.717) is 5.01 Å². The molecule has 9 heteroatoms. The fourth-order valence-corrected chi connectivity index (χ4v) is 2.03. The maximum absolute atomic E-state index is 12.3. The van der Waals surface area contributed by atoms with Crippen LogP contribution < -0.4 is 11.1 Å². The number of amides is 1. The lowest BCUT2D eigenvalue weighted by Gasteiger charge is -2.06. The number of nitrogens with two attached hydrogens (primary N) is 1. The van der Waals surface area contributed by atoms with Crippen molar-refractivity contribution < 1.29 is 18.0 Å². The molecule has 1 amide bonds. The number of rotatable bonds is 5. The van der Waals surface area contributed by atoms with E-state index in [1.807, 2.05) is 0 Å². The molecule has 0 aliphatic carbocycles. The number of hydrogen-bond donors (Lipinski definition) is 2. The molecule has 1 atom stereocenters. The Hall–Kier alpha value is -0.860. The first-order valence-electron chi connectivity index (χ1n) is 5.33. The van der Waals surface area contributed by atoms with E-state index < -0.39 is 11.9 Å². The molecule has 0 spiro atoms. The van der Waals surface area contributed by atoms with Crippen LogP contribution in [0, 0.1) is 0 Å². The van der Waals surface area contributed by atoms with Gasteiger partial charge in [-0.3, -0.25) is 4.79 Å². The van der Waals surface area contributed by atoms with Gasteiger partial charge in [-0.25, -0.2) is 4.98 Å². The summed E-state index contributed by atoms with van der Waals surface area (Å²) in [6.45, 7) is 1.96. The van der Waals surface area contributed by atoms with Gasteiger partial charge in [-0.1, -0.05) is 0 Å². The summed E-state index contributed by atoms with van der Waals surface area (Å²) >= 11 is 0.935. The number of hydrogen-bond acceptors (Lipinski definition) is 4. The van der Waals surface area contributed by atoms with E-state index in [1.165, 1.54) is 0 Å². The fraction of sp³-hybridized carbons (Fsp3) is 0.600. The summed E-state index contributed by atoms with van der Waals surface area (Å²) in [5.41, 5.74) is 4.55. The lowest BCUT2D eigenvalue weighted by Crippen LogP contribution is -2.31. The minimum absolute atomic E-state index is 0. The topological polar surface area (TPSA) is 68.0 Å². The molecule has 0 aliphatic rings. The van der Waals surface area contributed by atoms with Gasteiger partial charge in [0.25, 0.3) is 0 Å². The van der Waals surface area contributed by atoms with Gasteiger partial charge in [0.05, 0.1) is 5.01 Å². The highest BCUT2D eigenvalue weighted by molar-refractivity contribution is 7.09. The van der Waals surface area contributed by atoms with Gasteiger partial charge < -0.3 is 11.1 Å². The number of thiazole rings is 1. The van der Waals surface area contributed by atoms with Crippen LogP contribution in [0.4, 0.5) is 13.2 Å². The number of nitrogens with zero attached hydrogens (tertiary/aromatic N) is 1. The summed E-state index contributed by atoms with van der Waals surface area (Å²) in [6.07, 6.45) is -3.93. The monoisotopic (exact) mass is 317 g/mol. The van der Waals surface area contributed by atoms with Crippen molar-refractivity contribution in [2.75, 3.05) is 6.54 Å². The second kappa shape index (κ2) is 7.66. The van der Waals surface area contributed by atoms with E-state index >= 15 is 0 Å². The van der Waals surface area contributed by atoms with E-state index in [-0.39, 0.29) is 43.7 Å². The molecule has 110 valence electrons. The lowest BCUT2D eigenvalue weighted by molar-refractivity contribution is -0.140. The smallest absolute Gasteiger partial charge is 0.356 e. The highest BCUT2D eigenvalue weighted by atomic mass is 35.5. The molecular weight excluding hydrogens is 303 g/mol. The van der Waals surface area contributed by atoms with E-state index in [0.717, 1.165) is 16.7 Å². The zero-order valence-electron chi connectivity index (χ0n) is 10.2.